The Kier molecular flexibility index (Phi) is 10.2. The third-order valence-corrected chi connectivity index (χ3v) is 5.74. The van der Waals surface area contributed by atoms with Crippen molar-refractivity contribution in [1.29, 1.82) is 0 Å². The predicted octanol–water partition coefficient (Wildman–Crippen LogP) is -0.972. The number of rotatable bonds is 8. The molecule has 0 atom stereocenters. The second kappa shape index (κ2) is 10.1. The van der Waals surface area contributed by atoms with Crippen molar-refractivity contribution < 1.29 is 13.3 Å². The van der Waals surface area contributed by atoms with E-state index in [1.54, 1.807) is 0 Å². The molecular formula is C11H30N2O3Si2. The zero-order valence-electron chi connectivity index (χ0n) is 11.3. The molecule has 18 heavy (non-hydrogen) atoms. The zero-order valence-corrected chi connectivity index (χ0v) is 12.3. The standard InChI is InChI=1S/C11H26N2O3Si.H4Si/c1-4-14-17(15-5-2,16-6-3)11-13-9-7-12-8-10-13;/h12H,4-11H2,1-3H3;1H4. The summed E-state index contributed by atoms with van der Waals surface area (Å²) in [4.78, 5) is 2.38. The predicted molar refractivity (Wildman–Crippen MR) is 81.3 cm³/mol. The van der Waals surface area contributed by atoms with Crippen molar-refractivity contribution in [2.45, 2.75) is 20.8 Å². The van der Waals surface area contributed by atoms with Gasteiger partial charge in [-0.15, -0.1) is 0 Å². The molecule has 0 aliphatic carbocycles. The Hall–Kier alpha value is 0.234. The van der Waals surface area contributed by atoms with Gasteiger partial charge in [-0.2, -0.15) is 0 Å². The van der Waals surface area contributed by atoms with Gasteiger partial charge in [0.15, 0.2) is 0 Å². The number of hydrogen-bond donors (Lipinski definition) is 1. The number of piperazine rings is 1. The van der Waals surface area contributed by atoms with Crippen molar-refractivity contribution in [3.63, 3.8) is 0 Å². The van der Waals surface area contributed by atoms with Crippen molar-refractivity contribution in [2.24, 2.45) is 0 Å². The van der Waals surface area contributed by atoms with E-state index in [0.29, 0.717) is 19.8 Å². The summed E-state index contributed by atoms with van der Waals surface area (Å²) in [5.41, 5.74) is 0. The van der Waals surface area contributed by atoms with Crippen LogP contribution in [0.4, 0.5) is 0 Å². The van der Waals surface area contributed by atoms with Gasteiger partial charge in [-0.3, -0.25) is 4.90 Å². The first-order valence-corrected chi connectivity index (χ1v) is 8.54. The molecule has 110 valence electrons. The van der Waals surface area contributed by atoms with Crippen LogP contribution in [-0.4, -0.2) is 76.8 Å². The lowest BCUT2D eigenvalue weighted by Gasteiger charge is -2.35. The lowest BCUT2D eigenvalue weighted by atomic mass is 10.4. The molecule has 0 spiro atoms. The van der Waals surface area contributed by atoms with Crippen LogP contribution >= 0.6 is 0 Å². The van der Waals surface area contributed by atoms with Crippen LogP contribution in [0.15, 0.2) is 0 Å². The topological polar surface area (TPSA) is 43.0 Å². The number of hydrogen-bond acceptors (Lipinski definition) is 5. The summed E-state index contributed by atoms with van der Waals surface area (Å²) in [6.07, 6.45) is 0.810. The highest BCUT2D eigenvalue weighted by molar-refractivity contribution is 6.60. The average molecular weight is 295 g/mol. The summed E-state index contributed by atoms with van der Waals surface area (Å²) in [7, 11) is -2.48. The minimum absolute atomic E-state index is 0. The van der Waals surface area contributed by atoms with Gasteiger partial charge in [-0.05, 0) is 31.7 Å². The van der Waals surface area contributed by atoms with Crippen LogP contribution in [0, 0.1) is 0 Å². The molecular weight excluding hydrogens is 264 g/mol. The summed E-state index contributed by atoms with van der Waals surface area (Å²) in [6, 6.07) is 0. The molecule has 0 aromatic rings. The van der Waals surface area contributed by atoms with Crippen LogP contribution in [0.3, 0.4) is 0 Å². The van der Waals surface area contributed by atoms with Gasteiger partial charge >= 0.3 is 8.80 Å². The lowest BCUT2D eigenvalue weighted by molar-refractivity contribution is 0.0551. The first-order valence-electron chi connectivity index (χ1n) is 6.61. The van der Waals surface area contributed by atoms with Crippen molar-refractivity contribution in [3.05, 3.63) is 0 Å². The van der Waals surface area contributed by atoms with Gasteiger partial charge in [-0.1, -0.05) is 0 Å². The largest absolute Gasteiger partial charge is 0.515 e. The maximum atomic E-state index is 5.85. The van der Waals surface area contributed by atoms with E-state index in [-0.39, 0.29) is 11.0 Å². The van der Waals surface area contributed by atoms with Crippen molar-refractivity contribution in [3.8, 4) is 0 Å². The normalized spacial score (nSPS) is 17.5. The number of nitrogens with one attached hydrogen (secondary N) is 1. The smallest absolute Gasteiger partial charge is 0.373 e. The quantitative estimate of drug-likeness (QED) is 0.584. The van der Waals surface area contributed by atoms with Gasteiger partial charge in [-0.25, -0.2) is 0 Å². The number of nitrogens with zero attached hydrogens (tertiary/aromatic N) is 1. The SMILES string of the molecule is CCO[Si](CN1CCNCC1)(OCC)OCC.[SiH4]. The van der Waals surface area contributed by atoms with E-state index in [9.17, 15) is 0 Å². The van der Waals surface area contributed by atoms with E-state index in [0.717, 1.165) is 32.3 Å². The van der Waals surface area contributed by atoms with Crippen LogP contribution < -0.4 is 5.32 Å². The lowest BCUT2D eigenvalue weighted by Crippen LogP contribution is -2.58. The summed E-state index contributed by atoms with van der Waals surface area (Å²) in [6.45, 7) is 12.1. The molecule has 0 aromatic carbocycles. The first-order chi connectivity index (χ1) is 8.26. The van der Waals surface area contributed by atoms with Gasteiger partial charge in [0.05, 0.1) is 6.17 Å². The van der Waals surface area contributed by atoms with E-state index < -0.39 is 8.80 Å². The summed E-state index contributed by atoms with van der Waals surface area (Å²) < 4.78 is 17.5. The molecule has 0 bridgehead atoms. The van der Waals surface area contributed by atoms with E-state index in [2.05, 4.69) is 10.2 Å². The van der Waals surface area contributed by atoms with Gasteiger partial charge in [0.1, 0.15) is 0 Å². The minimum atomic E-state index is -2.48. The Bertz CT molecular complexity index is 188. The highest BCUT2D eigenvalue weighted by atomic mass is 28.4. The second-order valence-electron chi connectivity index (χ2n) is 4.01. The van der Waals surface area contributed by atoms with Crippen LogP contribution in [-0.2, 0) is 13.3 Å². The Balaban J connectivity index is 0.00000289. The van der Waals surface area contributed by atoms with Crippen molar-refractivity contribution in [2.75, 3.05) is 52.2 Å². The maximum absolute atomic E-state index is 5.85. The second-order valence-corrected chi connectivity index (χ2v) is 6.56. The molecule has 1 aliphatic heterocycles. The van der Waals surface area contributed by atoms with Crippen molar-refractivity contribution in [1.82, 2.24) is 10.2 Å². The van der Waals surface area contributed by atoms with Gasteiger partial charge in [0, 0.05) is 46.0 Å². The van der Waals surface area contributed by atoms with E-state index in [1.807, 2.05) is 20.8 Å². The Morgan fingerprint density at radius 3 is 1.78 bits per heavy atom. The van der Waals surface area contributed by atoms with Crippen LogP contribution in [0.25, 0.3) is 0 Å². The molecule has 1 aliphatic rings. The highest BCUT2D eigenvalue weighted by Gasteiger charge is 2.42. The Labute approximate surface area is 117 Å². The molecule has 0 radical (unpaired) electrons. The first kappa shape index (κ1) is 18.2. The third-order valence-electron chi connectivity index (χ3n) is 2.72. The fourth-order valence-electron chi connectivity index (χ4n) is 2.06. The Morgan fingerprint density at radius 1 is 0.944 bits per heavy atom. The fourth-order valence-corrected chi connectivity index (χ4v) is 4.77. The average Bonchev–Trinajstić information content (AvgIpc) is 2.31. The molecule has 1 rings (SSSR count). The molecule has 1 saturated heterocycles. The van der Waals surface area contributed by atoms with Gasteiger partial charge < -0.3 is 18.6 Å². The molecule has 7 heteroatoms. The van der Waals surface area contributed by atoms with Gasteiger partial charge in [0.2, 0.25) is 0 Å². The van der Waals surface area contributed by atoms with Crippen molar-refractivity contribution >= 4 is 19.8 Å². The third kappa shape index (κ3) is 5.92. The molecule has 0 amide bonds. The van der Waals surface area contributed by atoms with Gasteiger partial charge in [0.25, 0.3) is 0 Å². The fraction of sp³-hybridized carbons (Fsp3) is 1.00. The molecule has 1 heterocycles. The summed E-state index contributed by atoms with van der Waals surface area (Å²) in [5.74, 6) is 0. The minimum Gasteiger partial charge on any atom is -0.373 e. The summed E-state index contributed by atoms with van der Waals surface area (Å²) >= 11 is 0. The monoisotopic (exact) mass is 294 g/mol. The molecule has 5 nitrogen and oxygen atoms in total. The molecule has 0 aromatic heterocycles. The molecule has 1 fully saturated rings. The van der Waals surface area contributed by atoms with Crippen LogP contribution in [0.2, 0.25) is 0 Å². The molecule has 0 unspecified atom stereocenters. The maximum Gasteiger partial charge on any atom is 0.515 e. The Morgan fingerprint density at radius 2 is 1.39 bits per heavy atom. The van der Waals surface area contributed by atoms with E-state index >= 15 is 0 Å². The van der Waals surface area contributed by atoms with Crippen LogP contribution in [0.1, 0.15) is 20.8 Å². The molecule has 0 saturated carbocycles. The summed E-state index contributed by atoms with van der Waals surface area (Å²) in [5, 5.41) is 3.35. The zero-order chi connectivity index (χ0) is 12.6. The molecule has 1 N–H and O–H groups in total. The van der Waals surface area contributed by atoms with E-state index in [1.165, 1.54) is 0 Å². The highest BCUT2D eigenvalue weighted by Crippen LogP contribution is 2.12. The van der Waals surface area contributed by atoms with E-state index in [4.69, 9.17) is 13.3 Å². The van der Waals surface area contributed by atoms with Crippen LogP contribution in [0.5, 0.6) is 0 Å².